The summed E-state index contributed by atoms with van der Waals surface area (Å²) in [6, 6.07) is 15.3. The van der Waals surface area contributed by atoms with Gasteiger partial charge in [-0.1, -0.05) is 61.9 Å². The number of hydrogen-bond donors (Lipinski definition) is 2. The SMILES string of the molecule is CCC[C@@H](NC(=O)OCC1c2ccccc2-c2ccccc21)C(=O)N(CC(=O)O)C(C)(C)C. The van der Waals surface area contributed by atoms with E-state index >= 15 is 0 Å². The number of amides is 2. The van der Waals surface area contributed by atoms with Gasteiger partial charge in [0.25, 0.3) is 0 Å². The predicted octanol–water partition coefficient (Wildman–Crippen LogP) is 4.41. The Kier molecular flexibility index (Phi) is 7.41. The Morgan fingerprint density at radius 2 is 1.58 bits per heavy atom. The first kappa shape index (κ1) is 24.3. The highest BCUT2D eigenvalue weighted by Gasteiger charge is 2.34. The summed E-state index contributed by atoms with van der Waals surface area (Å²) >= 11 is 0. The van der Waals surface area contributed by atoms with Crippen LogP contribution < -0.4 is 5.32 Å². The number of ether oxygens (including phenoxy) is 1. The molecule has 7 nitrogen and oxygen atoms in total. The minimum Gasteiger partial charge on any atom is -0.480 e. The van der Waals surface area contributed by atoms with Gasteiger partial charge < -0.3 is 20.1 Å². The molecule has 2 amide bonds. The highest BCUT2D eigenvalue weighted by molar-refractivity contribution is 5.88. The average molecular weight is 453 g/mol. The molecule has 0 unspecified atom stereocenters. The fourth-order valence-corrected chi connectivity index (χ4v) is 4.30. The molecule has 0 radical (unpaired) electrons. The van der Waals surface area contributed by atoms with E-state index in [0.29, 0.717) is 12.8 Å². The third-order valence-electron chi connectivity index (χ3n) is 5.88. The van der Waals surface area contributed by atoms with Crippen molar-refractivity contribution in [1.82, 2.24) is 10.2 Å². The highest BCUT2D eigenvalue weighted by Crippen LogP contribution is 2.44. The summed E-state index contributed by atoms with van der Waals surface area (Å²) in [5.41, 5.74) is 3.77. The second-order valence-electron chi connectivity index (χ2n) is 9.30. The van der Waals surface area contributed by atoms with Gasteiger partial charge in [0.2, 0.25) is 5.91 Å². The number of benzene rings is 2. The summed E-state index contributed by atoms with van der Waals surface area (Å²) in [5, 5.41) is 11.9. The Bertz CT molecular complexity index is 982. The van der Waals surface area contributed by atoms with E-state index in [1.807, 2.05) is 43.3 Å². The third kappa shape index (κ3) is 5.53. The maximum Gasteiger partial charge on any atom is 0.407 e. The molecule has 1 aliphatic carbocycles. The van der Waals surface area contributed by atoms with Gasteiger partial charge in [-0.3, -0.25) is 9.59 Å². The summed E-state index contributed by atoms with van der Waals surface area (Å²) in [6.07, 6.45) is 0.341. The van der Waals surface area contributed by atoms with Gasteiger partial charge in [0.05, 0.1) is 0 Å². The molecule has 2 N–H and O–H groups in total. The Balaban J connectivity index is 1.71. The van der Waals surface area contributed by atoms with Crippen LogP contribution in [0.2, 0.25) is 0 Å². The third-order valence-corrected chi connectivity index (χ3v) is 5.88. The zero-order valence-electron chi connectivity index (χ0n) is 19.6. The second kappa shape index (κ2) is 10.1. The van der Waals surface area contributed by atoms with Crippen LogP contribution >= 0.6 is 0 Å². The van der Waals surface area contributed by atoms with Crippen molar-refractivity contribution in [3.8, 4) is 11.1 Å². The van der Waals surface area contributed by atoms with Crippen LogP contribution in [0.15, 0.2) is 48.5 Å². The number of carboxylic acids is 1. The number of hydrogen-bond acceptors (Lipinski definition) is 4. The summed E-state index contributed by atoms with van der Waals surface area (Å²) in [6.45, 7) is 6.91. The lowest BCUT2D eigenvalue weighted by Gasteiger charge is -2.37. The molecule has 0 aliphatic heterocycles. The molecule has 0 fully saturated rings. The zero-order valence-corrected chi connectivity index (χ0v) is 19.6. The molecule has 2 aromatic carbocycles. The molecule has 176 valence electrons. The molecule has 1 atom stereocenters. The number of carboxylic acid groups (broad SMARTS) is 1. The number of nitrogens with one attached hydrogen (secondary N) is 1. The van der Waals surface area contributed by atoms with Crippen molar-refractivity contribution in [3.05, 3.63) is 59.7 Å². The van der Waals surface area contributed by atoms with Crippen molar-refractivity contribution in [2.24, 2.45) is 0 Å². The molecular formula is C26H32N2O5. The number of alkyl carbamates (subject to hydrolysis) is 1. The Hall–Kier alpha value is -3.35. The van der Waals surface area contributed by atoms with Crippen molar-refractivity contribution < 1.29 is 24.2 Å². The normalized spacial score (nSPS) is 13.6. The van der Waals surface area contributed by atoms with E-state index in [1.54, 1.807) is 20.8 Å². The number of rotatable bonds is 8. The van der Waals surface area contributed by atoms with Gasteiger partial charge >= 0.3 is 12.1 Å². The van der Waals surface area contributed by atoms with Gasteiger partial charge in [0, 0.05) is 11.5 Å². The molecular weight excluding hydrogens is 420 g/mol. The smallest absolute Gasteiger partial charge is 0.407 e. The molecule has 7 heteroatoms. The van der Waals surface area contributed by atoms with Crippen molar-refractivity contribution in [2.45, 2.75) is 58.0 Å². The monoisotopic (exact) mass is 452 g/mol. The summed E-state index contributed by atoms with van der Waals surface area (Å²) in [4.78, 5) is 38.4. The van der Waals surface area contributed by atoms with Crippen LogP contribution in [0.5, 0.6) is 0 Å². The van der Waals surface area contributed by atoms with Crippen LogP contribution in [0.3, 0.4) is 0 Å². The van der Waals surface area contributed by atoms with Crippen molar-refractivity contribution >= 4 is 18.0 Å². The average Bonchev–Trinajstić information content (AvgIpc) is 3.08. The lowest BCUT2D eigenvalue weighted by molar-refractivity contribution is -0.149. The minimum atomic E-state index is -1.10. The number of carbonyl (C=O) groups excluding carboxylic acids is 2. The molecule has 0 bridgehead atoms. The molecule has 0 heterocycles. The number of fused-ring (bicyclic) bond motifs is 3. The van der Waals surface area contributed by atoms with Crippen LogP contribution in [0, 0.1) is 0 Å². The topological polar surface area (TPSA) is 95.9 Å². The first-order valence-corrected chi connectivity index (χ1v) is 11.3. The fourth-order valence-electron chi connectivity index (χ4n) is 4.30. The molecule has 0 saturated heterocycles. The van der Waals surface area contributed by atoms with Gasteiger partial charge in [0.15, 0.2) is 0 Å². The van der Waals surface area contributed by atoms with Crippen LogP contribution in [0.4, 0.5) is 4.79 Å². The van der Waals surface area contributed by atoms with Gasteiger partial charge in [-0.15, -0.1) is 0 Å². The lowest BCUT2D eigenvalue weighted by Crippen LogP contribution is -2.56. The first-order chi connectivity index (χ1) is 15.6. The summed E-state index contributed by atoms with van der Waals surface area (Å²) in [5.74, 6) is -1.61. The van der Waals surface area contributed by atoms with Crippen molar-refractivity contribution in [2.75, 3.05) is 13.2 Å². The van der Waals surface area contributed by atoms with E-state index in [2.05, 4.69) is 17.4 Å². The van der Waals surface area contributed by atoms with Crippen molar-refractivity contribution in [3.63, 3.8) is 0 Å². The van der Waals surface area contributed by atoms with Gasteiger partial charge in [0.1, 0.15) is 19.2 Å². The molecule has 0 saturated carbocycles. The molecule has 3 rings (SSSR count). The number of nitrogens with zero attached hydrogens (tertiary/aromatic N) is 1. The van der Waals surface area contributed by atoms with E-state index in [-0.39, 0.29) is 12.5 Å². The molecule has 33 heavy (non-hydrogen) atoms. The van der Waals surface area contributed by atoms with Crippen LogP contribution in [-0.2, 0) is 14.3 Å². The molecule has 1 aliphatic rings. The van der Waals surface area contributed by atoms with Crippen LogP contribution in [0.25, 0.3) is 11.1 Å². The van der Waals surface area contributed by atoms with Gasteiger partial charge in [-0.2, -0.15) is 0 Å². The molecule has 0 spiro atoms. The number of carbonyl (C=O) groups is 3. The van der Waals surface area contributed by atoms with Crippen LogP contribution in [0.1, 0.15) is 57.6 Å². The summed E-state index contributed by atoms with van der Waals surface area (Å²) < 4.78 is 5.58. The largest absolute Gasteiger partial charge is 0.480 e. The zero-order chi connectivity index (χ0) is 24.2. The van der Waals surface area contributed by atoms with E-state index in [4.69, 9.17) is 4.74 Å². The van der Waals surface area contributed by atoms with E-state index in [9.17, 15) is 19.5 Å². The quantitative estimate of drug-likeness (QED) is 0.619. The summed E-state index contributed by atoms with van der Waals surface area (Å²) in [7, 11) is 0. The predicted molar refractivity (Wildman–Crippen MR) is 126 cm³/mol. The molecule has 2 aromatic rings. The second-order valence-corrected chi connectivity index (χ2v) is 9.30. The molecule has 0 aromatic heterocycles. The van der Waals surface area contributed by atoms with E-state index in [0.717, 1.165) is 22.3 Å². The maximum absolute atomic E-state index is 13.1. The van der Waals surface area contributed by atoms with Crippen molar-refractivity contribution in [1.29, 1.82) is 0 Å². The first-order valence-electron chi connectivity index (χ1n) is 11.3. The van der Waals surface area contributed by atoms with E-state index in [1.165, 1.54) is 4.90 Å². The maximum atomic E-state index is 13.1. The minimum absolute atomic E-state index is 0.0819. The highest BCUT2D eigenvalue weighted by atomic mass is 16.5. The van der Waals surface area contributed by atoms with Gasteiger partial charge in [-0.05, 0) is 49.4 Å². The number of aliphatic carboxylic acids is 1. The Morgan fingerprint density at radius 1 is 1.03 bits per heavy atom. The van der Waals surface area contributed by atoms with Gasteiger partial charge in [-0.25, -0.2) is 4.79 Å². The standard InChI is InChI=1S/C26H32N2O5/c1-5-10-22(24(31)28(15-23(29)30)26(2,3)4)27-25(32)33-16-21-19-13-8-6-11-17(19)18-12-7-9-14-20(18)21/h6-9,11-14,21-22H,5,10,15-16H2,1-4H3,(H,27,32)(H,29,30)/t22-/m1/s1. The van der Waals surface area contributed by atoms with E-state index < -0.39 is 36.1 Å². The Morgan fingerprint density at radius 3 is 2.06 bits per heavy atom. The Labute approximate surface area is 194 Å². The lowest BCUT2D eigenvalue weighted by atomic mass is 9.98. The van der Waals surface area contributed by atoms with Crippen LogP contribution in [-0.4, -0.2) is 52.7 Å². The fraction of sp³-hybridized carbons (Fsp3) is 0.423.